The van der Waals surface area contributed by atoms with Crippen molar-refractivity contribution >= 4 is 34.9 Å². The summed E-state index contributed by atoms with van der Waals surface area (Å²) in [5.74, 6) is -1.08. The van der Waals surface area contributed by atoms with E-state index >= 15 is 0 Å². The van der Waals surface area contributed by atoms with Gasteiger partial charge in [0.15, 0.2) is 0 Å². The SMILES string of the molecule is CC(=O)C(=O)NCCCn1nc(C)c(Cl)c1Cl. The number of carbonyl (C=O) groups excluding carboxylic acids is 2. The quantitative estimate of drug-likeness (QED) is 0.657. The van der Waals surface area contributed by atoms with Gasteiger partial charge in [0, 0.05) is 20.0 Å². The molecule has 0 bridgehead atoms. The Labute approximate surface area is 109 Å². The minimum absolute atomic E-state index is 0.391. The second kappa shape index (κ2) is 6.02. The summed E-state index contributed by atoms with van der Waals surface area (Å²) in [6.07, 6.45) is 0.621. The van der Waals surface area contributed by atoms with Crippen LogP contribution in [0, 0.1) is 6.92 Å². The first-order valence-electron chi connectivity index (χ1n) is 5.10. The van der Waals surface area contributed by atoms with Gasteiger partial charge >= 0.3 is 0 Å². The molecule has 1 amide bonds. The summed E-state index contributed by atoms with van der Waals surface area (Å²) in [6, 6.07) is 0. The van der Waals surface area contributed by atoms with Gasteiger partial charge in [-0.1, -0.05) is 23.2 Å². The molecule has 0 aromatic carbocycles. The van der Waals surface area contributed by atoms with Crippen LogP contribution in [0.1, 0.15) is 19.0 Å². The maximum absolute atomic E-state index is 10.9. The lowest BCUT2D eigenvalue weighted by molar-refractivity contribution is -0.136. The molecule has 1 N–H and O–H groups in total. The zero-order valence-corrected chi connectivity index (χ0v) is 11.1. The molecule has 0 saturated carbocycles. The largest absolute Gasteiger partial charge is 0.349 e. The summed E-state index contributed by atoms with van der Waals surface area (Å²) in [5.41, 5.74) is 0.671. The van der Waals surface area contributed by atoms with Crippen molar-refractivity contribution in [2.75, 3.05) is 6.54 Å². The number of Topliss-reactive ketones (excluding diaryl/α,β-unsaturated/α-hetero) is 1. The highest BCUT2D eigenvalue weighted by Gasteiger charge is 2.11. The van der Waals surface area contributed by atoms with E-state index < -0.39 is 11.7 Å². The summed E-state index contributed by atoms with van der Waals surface area (Å²) in [6.45, 7) is 3.92. The van der Waals surface area contributed by atoms with E-state index in [0.29, 0.717) is 35.4 Å². The number of aromatic nitrogens is 2. The molecule has 0 aliphatic rings. The predicted octanol–water partition coefficient (Wildman–Crippen LogP) is 1.59. The topological polar surface area (TPSA) is 64.0 Å². The Kier molecular flexibility index (Phi) is 4.96. The number of hydrogen-bond acceptors (Lipinski definition) is 3. The normalized spacial score (nSPS) is 10.4. The molecule has 0 unspecified atom stereocenters. The number of amides is 1. The van der Waals surface area contributed by atoms with Crippen molar-refractivity contribution in [3.8, 4) is 0 Å². The molecule has 1 aromatic heterocycles. The molecule has 0 aliphatic heterocycles. The molecule has 0 spiro atoms. The molecule has 0 fully saturated rings. The van der Waals surface area contributed by atoms with E-state index in [4.69, 9.17) is 23.2 Å². The molecule has 0 aliphatic carbocycles. The maximum atomic E-state index is 10.9. The highest BCUT2D eigenvalue weighted by molar-refractivity contribution is 6.41. The second-order valence-corrected chi connectivity index (χ2v) is 4.31. The third-order valence-electron chi connectivity index (χ3n) is 2.15. The standard InChI is InChI=1S/C10H13Cl2N3O2/c1-6-8(11)9(12)15(14-6)5-3-4-13-10(17)7(2)16/h3-5H2,1-2H3,(H,13,17). The summed E-state index contributed by atoms with van der Waals surface area (Å²) >= 11 is 11.8. The zero-order chi connectivity index (χ0) is 13.0. The lowest BCUT2D eigenvalue weighted by Crippen LogP contribution is -2.30. The Morgan fingerprint density at radius 1 is 1.41 bits per heavy atom. The van der Waals surface area contributed by atoms with E-state index in [9.17, 15) is 9.59 Å². The van der Waals surface area contributed by atoms with Gasteiger partial charge in [0.1, 0.15) is 10.2 Å². The average molecular weight is 278 g/mol. The van der Waals surface area contributed by atoms with E-state index in [-0.39, 0.29) is 0 Å². The fourth-order valence-corrected chi connectivity index (χ4v) is 1.63. The lowest BCUT2D eigenvalue weighted by Gasteiger charge is -2.04. The first-order chi connectivity index (χ1) is 7.93. The van der Waals surface area contributed by atoms with E-state index in [1.807, 2.05) is 0 Å². The summed E-state index contributed by atoms with van der Waals surface area (Å²) in [7, 11) is 0. The van der Waals surface area contributed by atoms with Crippen LogP contribution in [0.5, 0.6) is 0 Å². The molecule has 7 heteroatoms. The number of halogens is 2. The van der Waals surface area contributed by atoms with Crippen molar-refractivity contribution in [2.45, 2.75) is 26.8 Å². The molecule has 1 rings (SSSR count). The van der Waals surface area contributed by atoms with Gasteiger partial charge < -0.3 is 5.32 Å². The van der Waals surface area contributed by atoms with Gasteiger partial charge in [0.25, 0.3) is 5.91 Å². The van der Waals surface area contributed by atoms with Crippen molar-refractivity contribution in [3.05, 3.63) is 15.9 Å². The Hall–Kier alpha value is -1.07. The number of nitrogens with zero attached hydrogens (tertiary/aromatic N) is 2. The van der Waals surface area contributed by atoms with Crippen LogP contribution in [0.3, 0.4) is 0 Å². The molecule has 1 heterocycles. The van der Waals surface area contributed by atoms with Crippen LogP contribution in [0.15, 0.2) is 0 Å². The van der Waals surface area contributed by atoms with Crippen LogP contribution in [0.25, 0.3) is 0 Å². The second-order valence-electron chi connectivity index (χ2n) is 3.58. The Morgan fingerprint density at radius 3 is 2.53 bits per heavy atom. The van der Waals surface area contributed by atoms with E-state index in [0.717, 1.165) is 0 Å². The highest BCUT2D eigenvalue weighted by atomic mass is 35.5. The number of aryl methyl sites for hydroxylation is 2. The minimum Gasteiger partial charge on any atom is -0.349 e. The number of ketones is 1. The van der Waals surface area contributed by atoms with Crippen LogP contribution in [-0.2, 0) is 16.1 Å². The van der Waals surface area contributed by atoms with Gasteiger partial charge in [-0.25, -0.2) is 0 Å². The maximum Gasteiger partial charge on any atom is 0.287 e. The van der Waals surface area contributed by atoms with E-state index in [1.165, 1.54) is 6.92 Å². The number of nitrogens with one attached hydrogen (secondary N) is 1. The third-order valence-corrected chi connectivity index (χ3v) is 3.08. The summed E-state index contributed by atoms with van der Waals surface area (Å²) < 4.78 is 1.57. The Balaban J connectivity index is 2.39. The highest BCUT2D eigenvalue weighted by Crippen LogP contribution is 2.24. The van der Waals surface area contributed by atoms with Gasteiger partial charge in [-0.15, -0.1) is 0 Å². The molecule has 0 radical (unpaired) electrons. The number of hydrogen-bond donors (Lipinski definition) is 1. The van der Waals surface area contributed by atoms with Gasteiger partial charge in [-0.3, -0.25) is 14.3 Å². The minimum atomic E-state index is -0.578. The smallest absolute Gasteiger partial charge is 0.287 e. The van der Waals surface area contributed by atoms with Crippen molar-refractivity contribution in [1.29, 1.82) is 0 Å². The van der Waals surface area contributed by atoms with Gasteiger partial charge in [-0.2, -0.15) is 5.10 Å². The van der Waals surface area contributed by atoms with E-state index in [1.54, 1.807) is 11.6 Å². The predicted molar refractivity (Wildman–Crippen MR) is 65.3 cm³/mol. The lowest BCUT2D eigenvalue weighted by atomic mass is 10.4. The molecule has 0 atom stereocenters. The fraction of sp³-hybridized carbons (Fsp3) is 0.500. The molecular formula is C10H13Cl2N3O2. The molecule has 1 aromatic rings. The molecule has 94 valence electrons. The summed E-state index contributed by atoms with van der Waals surface area (Å²) in [5, 5.41) is 7.46. The number of carbonyl (C=O) groups is 2. The molecule has 0 saturated heterocycles. The van der Waals surface area contributed by atoms with Crippen LogP contribution >= 0.6 is 23.2 Å². The van der Waals surface area contributed by atoms with Crippen molar-refractivity contribution in [2.24, 2.45) is 0 Å². The monoisotopic (exact) mass is 277 g/mol. The summed E-state index contributed by atoms with van der Waals surface area (Å²) in [4.78, 5) is 21.6. The Morgan fingerprint density at radius 2 is 2.06 bits per heavy atom. The molecule has 17 heavy (non-hydrogen) atoms. The van der Waals surface area contributed by atoms with Crippen LogP contribution in [0.2, 0.25) is 10.2 Å². The third kappa shape index (κ3) is 3.71. The van der Waals surface area contributed by atoms with Gasteiger partial charge in [0.05, 0.1) is 5.69 Å². The zero-order valence-electron chi connectivity index (χ0n) is 9.59. The van der Waals surface area contributed by atoms with Crippen molar-refractivity contribution in [3.63, 3.8) is 0 Å². The van der Waals surface area contributed by atoms with Crippen LogP contribution in [-0.4, -0.2) is 28.0 Å². The fourth-order valence-electron chi connectivity index (χ4n) is 1.23. The van der Waals surface area contributed by atoms with Crippen LogP contribution < -0.4 is 5.32 Å². The first kappa shape index (κ1) is 14.0. The molecular weight excluding hydrogens is 265 g/mol. The Bertz CT molecular complexity index is 443. The van der Waals surface area contributed by atoms with Crippen molar-refractivity contribution in [1.82, 2.24) is 15.1 Å². The first-order valence-corrected chi connectivity index (χ1v) is 5.86. The van der Waals surface area contributed by atoms with Crippen molar-refractivity contribution < 1.29 is 9.59 Å². The average Bonchev–Trinajstić information content (AvgIpc) is 2.52. The number of rotatable bonds is 5. The van der Waals surface area contributed by atoms with E-state index in [2.05, 4.69) is 10.4 Å². The van der Waals surface area contributed by atoms with Gasteiger partial charge in [-0.05, 0) is 13.3 Å². The molecule has 5 nitrogen and oxygen atoms in total. The van der Waals surface area contributed by atoms with Crippen LogP contribution in [0.4, 0.5) is 0 Å². The van der Waals surface area contributed by atoms with Gasteiger partial charge in [0.2, 0.25) is 5.78 Å².